The van der Waals surface area contributed by atoms with Crippen molar-refractivity contribution in [3.05, 3.63) is 11.8 Å². The Labute approximate surface area is 91.1 Å². The molecular weight excluding hydrogens is 190 g/mol. The minimum Gasteiger partial charge on any atom is -0.372 e. The molecule has 0 N–H and O–H groups in total. The van der Waals surface area contributed by atoms with E-state index in [1.54, 1.807) is 0 Å². The molecule has 1 aliphatic carbocycles. The minimum atomic E-state index is 0.270. The maximum absolute atomic E-state index is 11.3. The third kappa shape index (κ3) is 2.59. The van der Waals surface area contributed by atoms with E-state index in [4.69, 9.17) is 4.74 Å². The summed E-state index contributed by atoms with van der Waals surface area (Å²) in [5.41, 5.74) is 1.22. The highest BCUT2D eigenvalue weighted by Gasteiger charge is 2.25. The minimum absolute atomic E-state index is 0.270. The average molecular weight is 209 g/mol. The lowest BCUT2D eigenvalue weighted by Crippen LogP contribution is -2.45. The molecule has 1 saturated heterocycles. The van der Waals surface area contributed by atoms with Gasteiger partial charge in [-0.15, -0.1) is 0 Å². The second-order valence-electron chi connectivity index (χ2n) is 4.62. The van der Waals surface area contributed by atoms with Crippen molar-refractivity contribution in [2.24, 2.45) is 0 Å². The van der Waals surface area contributed by atoms with E-state index in [0.717, 1.165) is 32.4 Å². The lowest BCUT2D eigenvalue weighted by molar-refractivity contribution is -0.115. The van der Waals surface area contributed by atoms with Crippen LogP contribution in [-0.2, 0) is 9.53 Å². The maximum atomic E-state index is 11.3. The van der Waals surface area contributed by atoms with Gasteiger partial charge in [0.1, 0.15) is 0 Å². The van der Waals surface area contributed by atoms with Crippen molar-refractivity contribution in [2.75, 3.05) is 13.1 Å². The quantitative estimate of drug-likeness (QED) is 0.658. The SMILES string of the molecule is C[C@@H]1CN(C2=CC(=O)CCC2)C[C@@H](C)O1. The van der Waals surface area contributed by atoms with Crippen LogP contribution >= 0.6 is 0 Å². The number of rotatable bonds is 1. The molecule has 0 aromatic heterocycles. The molecule has 3 nitrogen and oxygen atoms in total. The summed E-state index contributed by atoms with van der Waals surface area (Å²) in [6.07, 6.45) is 5.14. The summed E-state index contributed by atoms with van der Waals surface area (Å²) in [6, 6.07) is 0. The average Bonchev–Trinajstić information content (AvgIpc) is 2.16. The van der Waals surface area contributed by atoms with E-state index in [9.17, 15) is 4.79 Å². The first-order valence-corrected chi connectivity index (χ1v) is 5.79. The van der Waals surface area contributed by atoms with Crippen molar-refractivity contribution in [1.82, 2.24) is 4.90 Å². The largest absolute Gasteiger partial charge is 0.372 e. The predicted octanol–water partition coefficient (Wildman–Crippen LogP) is 1.73. The number of ether oxygens (including phenoxy) is 1. The van der Waals surface area contributed by atoms with Crippen molar-refractivity contribution in [3.63, 3.8) is 0 Å². The van der Waals surface area contributed by atoms with Crippen LogP contribution < -0.4 is 0 Å². The molecule has 0 amide bonds. The van der Waals surface area contributed by atoms with E-state index in [2.05, 4.69) is 18.7 Å². The van der Waals surface area contributed by atoms with E-state index in [1.165, 1.54) is 5.70 Å². The zero-order chi connectivity index (χ0) is 10.8. The Kier molecular flexibility index (Phi) is 3.10. The first-order valence-electron chi connectivity index (χ1n) is 5.79. The Morgan fingerprint density at radius 1 is 1.27 bits per heavy atom. The van der Waals surface area contributed by atoms with E-state index < -0.39 is 0 Å². The van der Waals surface area contributed by atoms with Gasteiger partial charge in [-0.1, -0.05) is 0 Å². The molecule has 0 aromatic carbocycles. The maximum Gasteiger partial charge on any atom is 0.157 e. The van der Waals surface area contributed by atoms with E-state index in [-0.39, 0.29) is 18.0 Å². The highest BCUT2D eigenvalue weighted by molar-refractivity contribution is 5.91. The molecule has 0 aromatic rings. The Morgan fingerprint density at radius 3 is 2.53 bits per heavy atom. The highest BCUT2D eigenvalue weighted by Crippen LogP contribution is 2.23. The van der Waals surface area contributed by atoms with Gasteiger partial charge in [-0.3, -0.25) is 4.79 Å². The van der Waals surface area contributed by atoms with Crippen LogP contribution in [0.15, 0.2) is 11.8 Å². The Hall–Kier alpha value is -0.830. The number of carbonyl (C=O) groups excluding carboxylic acids is 1. The second-order valence-corrected chi connectivity index (χ2v) is 4.62. The zero-order valence-corrected chi connectivity index (χ0v) is 9.53. The van der Waals surface area contributed by atoms with Gasteiger partial charge in [-0.2, -0.15) is 0 Å². The van der Waals surface area contributed by atoms with Crippen LogP contribution in [0.25, 0.3) is 0 Å². The fourth-order valence-corrected chi connectivity index (χ4v) is 2.44. The van der Waals surface area contributed by atoms with Gasteiger partial charge in [0, 0.05) is 31.3 Å². The molecule has 0 spiro atoms. The summed E-state index contributed by atoms with van der Waals surface area (Å²) in [5, 5.41) is 0. The van der Waals surface area contributed by atoms with Crippen LogP contribution in [0.3, 0.4) is 0 Å². The summed E-state index contributed by atoms with van der Waals surface area (Å²) in [7, 11) is 0. The fourth-order valence-electron chi connectivity index (χ4n) is 2.44. The zero-order valence-electron chi connectivity index (χ0n) is 9.53. The number of carbonyl (C=O) groups is 1. The fraction of sp³-hybridized carbons (Fsp3) is 0.750. The normalized spacial score (nSPS) is 32.8. The molecule has 0 radical (unpaired) electrons. The molecule has 3 heteroatoms. The molecule has 1 heterocycles. The number of allylic oxidation sites excluding steroid dienone is 2. The molecule has 1 aliphatic heterocycles. The van der Waals surface area contributed by atoms with Crippen LogP contribution in [0.1, 0.15) is 33.1 Å². The van der Waals surface area contributed by atoms with Crippen LogP contribution in [0.5, 0.6) is 0 Å². The number of hydrogen-bond acceptors (Lipinski definition) is 3. The molecule has 2 aliphatic rings. The summed E-state index contributed by atoms with van der Waals surface area (Å²) < 4.78 is 5.68. The third-order valence-corrected chi connectivity index (χ3v) is 3.01. The van der Waals surface area contributed by atoms with Crippen LogP contribution in [-0.4, -0.2) is 36.0 Å². The molecule has 2 atom stereocenters. The van der Waals surface area contributed by atoms with Gasteiger partial charge >= 0.3 is 0 Å². The summed E-state index contributed by atoms with van der Waals surface area (Å²) in [6.45, 7) is 6.02. The number of hydrogen-bond donors (Lipinski definition) is 0. The lowest BCUT2D eigenvalue weighted by atomic mass is 10.0. The molecule has 0 saturated carbocycles. The number of morpholine rings is 1. The van der Waals surface area contributed by atoms with Crippen molar-refractivity contribution < 1.29 is 9.53 Å². The molecule has 1 fully saturated rings. The monoisotopic (exact) mass is 209 g/mol. The second kappa shape index (κ2) is 4.35. The van der Waals surface area contributed by atoms with Gasteiger partial charge in [0.05, 0.1) is 12.2 Å². The van der Waals surface area contributed by atoms with Gasteiger partial charge in [-0.25, -0.2) is 0 Å². The van der Waals surface area contributed by atoms with Crippen LogP contribution in [0, 0.1) is 0 Å². The summed E-state index contributed by atoms with van der Waals surface area (Å²) in [5.74, 6) is 0.281. The van der Waals surface area contributed by atoms with Crippen molar-refractivity contribution in [1.29, 1.82) is 0 Å². The highest BCUT2D eigenvalue weighted by atomic mass is 16.5. The first kappa shape index (κ1) is 10.7. The van der Waals surface area contributed by atoms with Gasteiger partial charge in [0.25, 0.3) is 0 Å². The Bertz CT molecular complexity index is 275. The van der Waals surface area contributed by atoms with Crippen LogP contribution in [0.4, 0.5) is 0 Å². The summed E-state index contributed by atoms with van der Waals surface area (Å²) >= 11 is 0. The smallest absolute Gasteiger partial charge is 0.157 e. The van der Waals surface area contributed by atoms with Gasteiger partial charge in [0.2, 0.25) is 0 Å². The molecule has 0 unspecified atom stereocenters. The van der Waals surface area contributed by atoms with Crippen molar-refractivity contribution in [3.8, 4) is 0 Å². The van der Waals surface area contributed by atoms with Gasteiger partial charge in [-0.05, 0) is 26.7 Å². The van der Waals surface area contributed by atoms with Gasteiger partial charge in [0.15, 0.2) is 5.78 Å². The van der Waals surface area contributed by atoms with Crippen molar-refractivity contribution >= 4 is 5.78 Å². The van der Waals surface area contributed by atoms with E-state index >= 15 is 0 Å². The van der Waals surface area contributed by atoms with Gasteiger partial charge < -0.3 is 9.64 Å². The van der Waals surface area contributed by atoms with E-state index in [1.807, 2.05) is 6.08 Å². The Balaban J connectivity index is 2.06. The van der Waals surface area contributed by atoms with Crippen molar-refractivity contribution in [2.45, 2.75) is 45.3 Å². The molecule has 0 bridgehead atoms. The topological polar surface area (TPSA) is 29.5 Å². The lowest BCUT2D eigenvalue weighted by Gasteiger charge is -2.38. The number of ketones is 1. The summed E-state index contributed by atoms with van der Waals surface area (Å²) in [4.78, 5) is 13.7. The molecule has 2 rings (SSSR count). The Morgan fingerprint density at radius 2 is 1.93 bits per heavy atom. The molecule has 15 heavy (non-hydrogen) atoms. The number of nitrogens with zero attached hydrogens (tertiary/aromatic N) is 1. The third-order valence-electron chi connectivity index (χ3n) is 3.01. The molecule has 84 valence electrons. The standard InChI is InChI=1S/C12H19NO2/c1-9-7-13(8-10(2)15-9)11-4-3-5-12(14)6-11/h6,9-10H,3-5,7-8H2,1-2H3/t9-,10-/m1/s1. The first-order chi connectivity index (χ1) is 7.15. The van der Waals surface area contributed by atoms with E-state index in [0.29, 0.717) is 0 Å². The van der Waals surface area contributed by atoms with Crippen LogP contribution in [0.2, 0.25) is 0 Å². The predicted molar refractivity (Wildman–Crippen MR) is 58.5 cm³/mol. The molecular formula is C12H19NO2.